The third kappa shape index (κ3) is 9.84. The quantitative estimate of drug-likeness (QED) is 0.588. The molecule has 0 aromatic heterocycles. The third-order valence-electron chi connectivity index (χ3n) is 2.32. The maximum Gasteiger partial charge on any atom is -0.000977 e. The first-order valence-electron chi connectivity index (χ1n) is 5.55. The molecule has 0 spiro atoms. The highest BCUT2D eigenvalue weighted by Gasteiger charge is 1.98. The molecule has 0 unspecified atom stereocenters. The summed E-state index contributed by atoms with van der Waals surface area (Å²) < 4.78 is 0. The Kier molecular flexibility index (Phi) is 8.46. The minimum atomic E-state index is 0.816. The molecule has 80 valence electrons. The molecule has 0 saturated heterocycles. The van der Waals surface area contributed by atoms with E-state index in [1.807, 2.05) is 0 Å². The molecule has 0 amide bonds. The summed E-state index contributed by atoms with van der Waals surface area (Å²) >= 11 is 0. The Morgan fingerprint density at radius 1 is 1.08 bits per heavy atom. The Hall–Kier alpha value is -0.0800. The van der Waals surface area contributed by atoms with Crippen molar-refractivity contribution in [2.24, 2.45) is 11.7 Å². The molecule has 0 radical (unpaired) electrons. The lowest BCUT2D eigenvalue weighted by atomic mass is 10.1. The highest BCUT2D eigenvalue weighted by Crippen LogP contribution is 2.06. The molecule has 2 nitrogen and oxygen atoms in total. The summed E-state index contributed by atoms with van der Waals surface area (Å²) in [6.07, 6.45) is 5.19. The van der Waals surface area contributed by atoms with Crippen molar-refractivity contribution >= 4 is 0 Å². The Morgan fingerprint density at radius 3 is 2.23 bits per heavy atom. The number of nitrogens with two attached hydrogens (primary N) is 1. The normalized spacial score (nSPS) is 11.5. The smallest absolute Gasteiger partial charge is 0.000977 e. The van der Waals surface area contributed by atoms with Gasteiger partial charge in [0.1, 0.15) is 0 Å². The van der Waals surface area contributed by atoms with Gasteiger partial charge in [-0.05, 0) is 45.4 Å². The van der Waals surface area contributed by atoms with E-state index in [4.69, 9.17) is 5.73 Å². The summed E-state index contributed by atoms with van der Waals surface area (Å²) in [6.45, 7) is 7.78. The van der Waals surface area contributed by atoms with Gasteiger partial charge in [-0.15, -0.1) is 0 Å². The van der Waals surface area contributed by atoms with E-state index in [0.29, 0.717) is 0 Å². The van der Waals surface area contributed by atoms with Crippen LogP contribution in [0.5, 0.6) is 0 Å². The number of hydrogen-bond acceptors (Lipinski definition) is 2. The molecule has 0 aliphatic heterocycles. The van der Waals surface area contributed by atoms with Crippen molar-refractivity contribution in [1.29, 1.82) is 0 Å². The first kappa shape index (κ1) is 12.9. The molecule has 0 aromatic carbocycles. The number of rotatable bonds is 8. The van der Waals surface area contributed by atoms with Gasteiger partial charge in [0.15, 0.2) is 0 Å². The maximum absolute atomic E-state index is 5.44. The zero-order valence-corrected chi connectivity index (χ0v) is 9.55. The zero-order valence-electron chi connectivity index (χ0n) is 9.55. The summed E-state index contributed by atoms with van der Waals surface area (Å²) in [5, 5.41) is 0. The fraction of sp³-hybridized carbons (Fsp3) is 1.00. The van der Waals surface area contributed by atoms with Crippen LogP contribution >= 0.6 is 0 Å². The van der Waals surface area contributed by atoms with Gasteiger partial charge in [-0.3, -0.25) is 0 Å². The monoisotopic (exact) mass is 186 g/mol. The lowest BCUT2D eigenvalue weighted by molar-refractivity contribution is 0.318. The largest absolute Gasteiger partial charge is 0.330 e. The van der Waals surface area contributed by atoms with Crippen molar-refractivity contribution < 1.29 is 0 Å². The summed E-state index contributed by atoms with van der Waals surface area (Å²) in [7, 11) is 2.19. The van der Waals surface area contributed by atoms with Gasteiger partial charge in [-0.2, -0.15) is 0 Å². The van der Waals surface area contributed by atoms with E-state index in [-0.39, 0.29) is 0 Å². The van der Waals surface area contributed by atoms with Crippen LogP contribution in [-0.4, -0.2) is 31.6 Å². The SMILES string of the molecule is CC(C)CCCCN(C)CCCN. The molecule has 0 aromatic rings. The molecule has 0 atom stereocenters. The topological polar surface area (TPSA) is 29.3 Å². The predicted octanol–water partition coefficient (Wildman–Crippen LogP) is 2.09. The first-order chi connectivity index (χ1) is 6.16. The second kappa shape index (κ2) is 8.52. The van der Waals surface area contributed by atoms with Crippen LogP contribution in [0.1, 0.15) is 39.5 Å². The van der Waals surface area contributed by atoms with Gasteiger partial charge in [0.05, 0.1) is 0 Å². The van der Waals surface area contributed by atoms with Crippen LogP contribution in [-0.2, 0) is 0 Å². The zero-order chi connectivity index (χ0) is 10.1. The van der Waals surface area contributed by atoms with Gasteiger partial charge in [-0.25, -0.2) is 0 Å². The van der Waals surface area contributed by atoms with Crippen molar-refractivity contribution in [3.63, 3.8) is 0 Å². The fourth-order valence-corrected chi connectivity index (χ4v) is 1.41. The molecular formula is C11H26N2. The van der Waals surface area contributed by atoms with Gasteiger partial charge in [0.25, 0.3) is 0 Å². The first-order valence-corrected chi connectivity index (χ1v) is 5.55. The van der Waals surface area contributed by atoms with Crippen LogP contribution in [0.25, 0.3) is 0 Å². The number of hydrogen-bond donors (Lipinski definition) is 1. The second-order valence-electron chi connectivity index (χ2n) is 4.34. The van der Waals surface area contributed by atoms with Crippen LogP contribution in [0.15, 0.2) is 0 Å². The average molecular weight is 186 g/mol. The van der Waals surface area contributed by atoms with Crippen LogP contribution in [0, 0.1) is 5.92 Å². The molecule has 0 heterocycles. The van der Waals surface area contributed by atoms with Gasteiger partial charge >= 0.3 is 0 Å². The summed E-state index contributed by atoms with van der Waals surface area (Å²) in [6, 6.07) is 0. The van der Waals surface area contributed by atoms with Gasteiger partial charge in [0, 0.05) is 0 Å². The maximum atomic E-state index is 5.44. The van der Waals surface area contributed by atoms with Crippen LogP contribution in [0.3, 0.4) is 0 Å². The van der Waals surface area contributed by atoms with E-state index in [1.165, 1.54) is 25.8 Å². The van der Waals surface area contributed by atoms with Crippen molar-refractivity contribution in [1.82, 2.24) is 4.90 Å². The van der Waals surface area contributed by atoms with Crippen molar-refractivity contribution in [3.8, 4) is 0 Å². The standard InChI is InChI=1S/C11H26N2/c1-11(2)7-4-5-9-13(3)10-6-8-12/h11H,4-10,12H2,1-3H3. The molecule has 0 rings (SSSR count). The number of nitrogens with zero attached hydrogens (tertiary/aromatic N) is 1. The van der Waals surface area contributed by atoms with Crippen LogP contribution in [0.2, 0.25) is 0 Å². The molecule has 0 aliphatic rings. The average Bonchev–Trinajstić information content (AvgIpc) is 2.08. The van der Waals surface area contributed by atoms with E-state index in [2.05, 4.69) is 25.8 Å². The molecule has 13 heavy (non-hydrogen) atoms. The Bertz CT molecular complexity index is 102. The van der Waals surface area contributed by atoms with E-state index in [9.17, 15) is 0 Å². The minimum Gasteiger partial charge on any atom is -0.330 e. The van der Waals surface area contributed by atoms with Gasteiger partial charge < -0.3 is 10.6 Å². The summed E-state index contributed by atoms with van der Waals surface area (Å²) in [5.74, 6) is 0.856. The fourth-order valence-electron chi connectivity index (χ4n) is 1.41. The van der Waals surface area contributed by atoms with Crippen LogP contribution in [0.4, 0.5) is 0 Å². The lowest BCUT2D eigenvalue weighted by Gasteiger charge is -2.15. The molecule has 0 bridgehead atoms. The molecule has 0 aliphatic carbocycles. The van der Waals surface area contributed by atoms with E-state index in [1.54, 1.807) is 0 Å². The molecule has 2 heteroatoms. The summed E-state index contributed by atoms with van der Waals surface area (Å²) in [5.41, 5.74) is 5.44. The molecule has 0 fully saturated rings. The third-order valence-corrected chi connectivity index (χ3v) is 2.32. The predicted molar refractivity (Wildman–Crippen MR) is 59.9 cm³/mol. The Morgan fingerprint density at radius 2 is 1.69 bits per heavy atom. The number of unbranched alkanes of at least 4 members (excludes halogenated alkanes) is 1. The molecule has 2 N–H and O–H groups in total. The van der Waals surface area contributed by atoms with E-state index < -0.39 is 0 Å². The van der Waals surface area contributed by atoms with Crippen molar-refractivity contribution in [2.75, 3.05) is 26.7 Å². The van der Waals surface area contributed by atoms with Crippen molar-refractivity contribution in [2.45, 2.75) is 39.5 Å². The lowest BCUT2D eigenvalue weighted by Crippen LogP contribution is -2.22. The van der Waals surface area contributed by atoms with Crippen LogP contribution < -0.4 is 5.73 Å². The van der Waals surface area contributed by atoms with Gasteiger partial charge in [-0.1, -0.05) is 26.7 Å². The molecular weight excluding hydrogens is 160 g/mol. The van der Waals surface area contributed by atoms with E-state index >= 15 is 0 Å². The van der Waals surface area contributed by atoms with Gasteiger partial charge in [0.2, 0.25) is 0 Å². The summed E-state index contributed by atoms with van der Waals surface area (Å²) in [4.78, 5) is 2.38. The van der Waals surface area contributed by atoms with E-state index in [0.717, 1.165) is 25.4 Å². The Labute approximate surface area is 83.5 Å². The Balaban J connectivity index is 3.12. The highest BCUT2D eigenvalue weighted by molar-refractivity contribution is 4.54. The highest BCUT2D eigenvalue weighted by atomic mass is 15.1. The minimum absolute atomic E-state index is 0.816. The molecule has 0 saturated carbocycles. The second-order valence-corrected chi connectivity index (χ2v) is 4.34. The van der Waals surface area contributed by atoms with Crippen molar-refractivity contribution in [3.05, 3.63) is 0 Å².